The van der Waals surface area contributed by atoms with Crippen LogP contribution in [-0.4, -0.2) is 15.8 Å². The van der Waals surface area contributed by atoms with Crippen molar-refractivity contribution in [2.75, 3.05) is 0 Å². The van der Waals surface area contributed by atoms with E-state index in [2.05, 4.69) is 9.55 Å². The molecule has 2 heterocycles. The number of carbonyl (C=O) groups excluding carboxylic acids is 1. The second-order valence-corrected chi connectivity index (χ2v) is 3.67. The third-order valence-electron chi connectivity index (χ3n) is 2.79. The first-order valence-corrected chi connectivity index (χ1v) is 4.73. The van der Waals surface area contributed by atoms with Crippen LogP contribution in [0.4, 0.5) is 0 Å². The highest BCUT2D eigenvalue weighted by molar-refractivity contribution is 5.62. The number of aromatic nitrogens is 2. The number of aldehydes is 1. The molecule has 1 aromatic rings. The van der Waals surface area contributed by atoms with Crippen LogP contribution in [0.5, 0.6) is 0 Å². The summed E-state index contributed by atoms with van der Waals surface area (Å²) in [7, 11) is 0. The zero-order chi connectivity index (χ0) is 9.42. The second kappa shape index (κ2) is 2.98. The number of rotatable bonds is 1. The average Bonchev–Trinajstić information content (AvgIpc) is 2.43. The molecule has 3 nitrogen and oxygen atoms in total. The molecule has 0 fully saturated rings. The zero-order valence-corrected chi connectivity index (χ0v) is 8.08. The average molecular weight is 178 g/mol. The largest absolute Gasteiger partial charge is 0.331 e. The molecule has 0 radical (unpaired) electrons. The Labute approximate surface area is 77.8 Å². The van der Waals surface area contributed by atoms with E-state index in [1.165, 1.54) is 0 Å². The first kappa shape index (κ1) is 8.48. The maximum Gasteiger partial charge on any atom is 0.129 e. The Morgan fingerprint density at radius 2 is 2.31 bits per heavy atom. The van der Waals surface area contributed by atoms with Crippen LogP contribution in [0.1, 0.15) is 36.0 Å². The lowest BCUT2D eigenvalue weighted by atomic mass is 9.96. The van der Waals surface area contributed by atoms with Gasteiger partial charge in [-0.15, -0.1) is 0 Å². The van der Waals surface area contributed by atoms with Gasteiger partial charge in [0.2, 0.25) is 0 Å². The van der Waals surface area contributed by atoms with Crippen molar-refractivity contribution >= 4 is 6.29 Å². The van der Waals surface area contributed by atoms with Crippen molar-refractivity contribution in [3.63, 3.8) is 0 Å². The third-order valence-corrected chi connectivity index (χ3v) is 2.79. The number of carbonyl (C=O) groups is 1. The minimum absolute atomic E-state index is 0.0787. The van der Waals surface area contributed by atoms with Gasteiger partial charge in [-0.2, -0.15) is 0 Å². The monoisotopic (exact) mass is 178 g/mol. The summed E-state index contributed by atoms with van der Waals surface area (Å²) in [6.45, 7) is 5.01. The highest BCUT2D eigenvalue weighted by Gasteiger charge is 2.24. The van der Waals surface area contributed by atoms with E-state index in [0.29, 0.717) is 0 Å². The van der Waals surface area contributed by atoms with Crippen molar-refractivity contribution in [1.82, 2.24) is 9.55 Å². The summed E-state index contributed by atoms with van der Waals surface area (Å²) in [6, 6.07) is 0. The van der Waals surface area contributed by atoms with Gasteiger partial charge in [0, 0.05) is 6.54 Å². The molecule has 13 heavy (non-hydrogen) atoms. The molecule has 0 aliphatic carbocycles. The van der Waals surface area contributed by atoms with Crippen molar-refractivity contribution in [3.05, 3.63) is 17.2 Å². The van der Waals surface area contributed by atoms with Crippen molar-refractivity contribution < 1.29 is 4.79 Å². The highest BCUT2D eigenvalue weighted by atomic mass is 16.1. The molecule has 1 aromatic heterocycles. The third kappa shape index (κ3) is 1.19. The summed E-state index contributed by atoms with van der Waals surface area (Å²) in [6.07, 6.45) is 3.13. The van der Waals surface area contributed by atoms with Crippen LogP contribution in [0.3, 0.4) is 0 Å². The van der Waals surface area contributed by atoms with E-state index in [0.717, 1.165) is 42.9 Å². The SMILES string of the molecule is Cc1nc(C)n2c1C(C=O)CCC2. The lowest BCUT2D eigenvalue weighted by Crippen LogP contribution is -2.17. The molecule has 3 heteroatoms. The molecule has 70 valence electrons. The Balaban J connectivity index is 2.54. The molecule has 0 N–H and O–H groups in total. The molecular formula is C10H14N2O. The van der Waals surface area contributed by atoms with E-state index in [4.69, 9.17) is 0 Å². The number of hydrogen-bond donors (Lipinski definition) is 0. The first-order chi connectivity index (χ1) is 6.24. The molecule has 1 aliphatic rings. The Morgan fingerprint density at radius 3 is 3.00 bits per heavy atom. The van der Waals surface area contributed by atoms with Crippen LogP contribution in [0.2, 0.25) is 0 Å². The molecule has 0 aromatic carbocycles. The quantitative estimate of drug-likeness (QED) is 0.612. The van der Waals surface area contributed by atoms with Gasteiger partial charge in [-0.05, 0) is 26.7 Å². The molecule has 0 saturated heterocycles. The van der Waals surface area contributed by atoms with Gasteiger partial charge in [0.1, 0.15) is 12.1 Å². The van der Waals surface area contributed by atoms with Gasteiger partial charge >= 0.3 is 0 Å². The van der Waals surface area contributed by atoms with Gasteiger partial charge in [0.25, 0.3) is 0 Å². The van der Waals surface area contributed by atoms with Crippen molar-refractivity contribution in [1.29, 1.82) is 0 Å². The van der Waals surface area contributed by atoms with E-state index < -0.39 is 0 Å². The predicted molar refractivity (Wildman–Crippen MR) is 49.7 cm³/mol. The summed E-state index contributed by atoms with van der Waals surface area (Å²) >= 11 is 0. The molecule has 1 atom stereocenters. The standard InChI is InChI=1S/C10H14N2O/c1-7-10-9(6-13)4-3-5-12(10)8(2)11-7/h6,9H,3-5H2,1-2H3. The molecule has 0 spiro atoms. The van der Waals surface area contributed by atoms with Crippen LogP contribution in [0.15, 0.2) is 0 Å². The maximum absolute atomic E-state index is 10.8. The van der Waals surface area contributed by atoms with Gasteiger partial charge in [-0.25, -0.2) is 4.98 Å². The molecule has 0 bridgehead atoms. The molecular weight excluding hydrogens is 164 g/mol. The highest BCUT2D eigenvalue weighted by Crippen LogP contribution is 2.28. The van der Waals surface area contributed by atoms with Crippen LogP contribution >= 0.6 is 0 Å². The fourth-order valence-electron chi connectivity index (χ4n) is 2.22. The molecule has 1 aliphatic heterocycles. The molecule has 1 unspecified atom stereocenters. The van der Waals surface area contributed by atoms with Crippen LogP contribution < -0.4 is 0 Å². The lowest BCUT2D eigenvalue weighted by molar-refractivity contribution is -0.109. The normalized spacial score (nSPS) is 21.2. The van der Waals surface area contributed by atoms with E-state index in [9.17, 15) is 4.79 Å². The fraction of sp³-hybridized carbons (Fsp3) is 0.600. The van der Waals surface area contributed by atoms with Crippen LogP contribution in [0, 0.1) is 13.8 Å². The number of imidazole rings is 1. The summed E-state index contributed by atoms with van der Waals surface area (Å²) in [5, 5.41) is 0. The van der Waals surface area contributed by atoms with Gasteiger partial charge in [-0.1, -0.05) is 0 Å². The minimum Gasteiger partial charge on any atom is -0.331 e. The van der Waals surface area contributed by atoms with Crippen LogP contribution in [-0.2, 0) is 11.3 Å². The molecule has 2 rings (SSSR count). The van der Waals surface area contributed by atoms with Crippen molar-refractivity contribution in [2.45, 2.75) is 39.2 Å². The number of aryl methyl sites for hydroxylation is 2. The summed E-state index contributed by atoms with van der Waals surface area (Å²) in [4.78, 5) is 15.2. The topological polar surface area (TPSA) is 34.9 Å². The van der Waals surface area contributed by atoms with Gasteiger partial charge in [-0.3, -0.25) is 0 Å². The van der Waals surface area contributed by atoms with Crippen molar-refractivity contribution in [2.24, 2.45) is 0 Å². The van der Waals surface area contributed by atoms with Crippen molar-refractivity contribution in [3.8, 4) is 0 Å². The summed E-state index contributed by atoms with van der Waals surface area (Å²) in [5.41, 5.74) is 2.16. The van der Waals surface area contributed by atoms with Gasteiger partial charge in [0.05, 0.1) is 17.3 Å². The molecule has 0 amide bonds. The number of hydrogen-bond acceptors (Lipinski definition) is 2. The Kier molecular flexibility index (Phi) is 1.94. The van der Waals surface area contributed by atoms with E-state index in [-0.39, 0.29) is 5.92 Å². The Hall–Kier alpha value is -1.12. The number of fused-ring (bicyclic) bond motifs is 1. The smallest absolute Gasteiger partial charge is 0.129 e. The van der Waals surface area contributed by atoms with Gasteiger partial charge < -0.3 is 9.36 Å². The summed E-state index contributed by atoms with van der Waals surface area (Å²) < 4.78 is 2.18. The van der Waals surface area contributed by atoms with E-state index in [1.807, 2.05) is 13.8 Å². The minimum atomic E-state index is 0.0787. The number of nitrogens with zero attached hydrogens (tertiary/aromatic N) is 2. The Morgan fingerprint density at radius 1 is 1.54 bits per heavy atom. The van der Waals surface area contributed by atoms with Crippen LogP contribution in [0.25, 0.3) is 0 Å². The van der Waals surface area contributed by atoms with E-state index in [1.54, 1.807) is 0 Å². The fourth-order valence-corrected chi connectivity index (χ4v) is 2.22. The molecule has 0 saturated carbocycles. The first-order valence-electron chi connectivity index (χ1n) is 4.73. The zero-order valence-electron chi connectivity index (χ0n) is 8.08. The summed E-state index contributed by atoms with van der Waals surface area (Å²) in [5.74, 6) is 1.12. The van der Waals surface area contributed by atoms with Gasteiger partial charge in [0.15, 0.2) is 0 Å². The second-order valence-electron chi connectivity index (χ2n) is 3.67. The Bertz CT molecular complexity index is 341. The van der Waals surface area contributed by atoms with E-state index >= 15 is 0 Å². The maximum atomic E-state index is 10.8. The predicted octanol–water partition coefficient (Wildman–Crippen LogP) is 1.58. The lowest BCUT2D eigenvalue weighted by Gasteiger charge is -2.21.